The zero-order valence-electron chi connectivity index (χ0n) is 9.27. The fourth-order valence-electron chi connectivity index (χ4n) is 1.60. The summed E-state index contributed by atoms with van der Waals surface area (Å²) in [6.07, 6.45) is -0.566. The lowest BCUT2D eigenvalue weighted by Crippen LogP contribution is -2.20. The summed E-state index contributed by atoms with van der Waals surface area (Å²) in [6.45, 7) is 1.28. The summed E-state index contributed by atoms with van der Waals surface area (Å²) in [4.78, 5) is 1.26. The molecule has 0 fully saturated rings. The fraction of sp³-hybridized carbons (Fsp3) is 0.231. The second kappa shape index (κ2) is 6.17. The van der Waals surface area contributed by atoms with E-state index in [2.05, 4.69) is 11.4 Å². The topological polar surface area (TPSA) is 32.3 Å². The average molecular weight is 268 g/mol. The lowest BCUT2D eigenvalue weighted by atomic mass is 10.1. The monoisotopic (exact) mass is 267 g/mol. The van der Waals surface area contributed by atoms with E-state index in [0.29, 0.717) is 11.6 Å². The number of halogens is 1. The van der Waals surface area contributed by atoms with Crippen LogP contribution in [0.5, 0.6) is 0 Å². The molecule has 0 radical (unpaired) electrons. The molecular formula is C13H14ClNOS. The molecule has 1 aromatic heterocycles. The summed E-state index contributed by atoms with van der Waals surface area (Å²) in [6, 6.07) is 11.5. The first-order valence-corrected chi connectivity index (χ1v) is 6.68. The lowest BCUT2D eigenvalue weighted by molar-refractivity contribution is 0.174. The second-order valence-corrected chi connectivity index (χ2v) is 5.19. The van der Waals surface area contributed by atoms with Crippen LogP contribution in [0.1, 0.15) is 16.5 Å². The molecule has 1 heterocycles. The molecule has 2 N–H and O–H groups in total. The van der Waals surface area contributed by atoms with Gasteiger partial charge >= 0.3 is 0 Å². The smallest absolute Gasteiger partial charge is 0.0928 e. The minimum Gasteiger partial charge on any atom is -0.387 e. The summed E-state index contributed by atoms with van der Waals surface area (Å²) >= 11 is 7.72. The van der Waals surface area contributed by atoms with Gasteiger partial charge in [0, 0.05) is 28.6 Å². The van der Waals surface area contributed by atoms with Crippen molar-refractivity contribution in [3.05, 3.63) is 57.2 Å². The van der Waals surface area contributed by atoms with Gasteiger partial charge < -0.3 is 10.4 Å². The van der Waals surface area contributed by atoms with E-state index in [-0.39, 0.29) is 0 Å². The SMILES string of the molecule is OC(CNCc1cccs1)c1ccccc1Cl. The van der Waals surface area contributed by atoms with Crippen LogP contribution in [0.15, 0.2) is 41.8 Å². The number of hydrogen-bond donors (Lipinski definition) is 2. The summed E-state index contributed by atoms with van der Waals surface area (Å²) in [5, 5.41) is 15.9. The molecule has 2 aromatic rings. The summed E-state index contributed by atoms with van der Waals surface area (Å²) < 4.78 is 0. The van der Waals surface area contributed by atoms with Crippen LogP contribution in [0.2, 0.25) is 5.02 Å². The number of hydrogen-bond acceptors (Lipinski definition) is 3. The molecule has 17 heavy (non-hydrogen) atoms. The number of benzene rings is 1. The maximum Gasteiger partial charge on any atom is 0.0928 e. The van der Waals surface area contributed by atoms with Gasteiger partial charge in [-0.05, 0) is 17.5 Å². The molecule has 0 aliphatic heterocycles. The van der Waals surface area contributed by atoms with Gasteiger partial charge in [-0.15, -0.1) is 11.3 Å². The number of rotatable bonds is 5. The largest absolute Gasteiger partial charge is 0.387 e. The molecule has 4 heteroatoms. The van der Waals surface area contributed by atoms with Gasteiger partial charge in [-0.25, -0.2) is 0 Å². The van der Waals surface area contributed by atoms with E-state index in [4.69, 9.17) is 11.6 Å². The predicted octanol–water partition coefficient (Wildman–Crippen LogP) is 3.22. The molecule has 0 amide bonds. The third kappa shape index (κ3) is 3.54. The van der Waals surface area contributed by atoms with Crippen LogP contribution < -0.4 is 5.32 Å². The van der Waals surface area contributed by atoms with Crippen molar-refractivity contribution in [2.24, 2.45) is 0 Å². The van der Waals surface area contributed by atoms with Gasteiger partial charge in [-0.3, -0.25) is 0 Å². The molecule has 1 aromatic carbocycles. The third-order valence-electron chi connectivity index (χ3n) is 2.48. The summed E-state index contributed by atoms with van der Waals surface area (Å²) in [5.41, 5.74) is 0.771. The third-order valence-corrected chi connectivity index (χ3v) is 3.70. The van der Waals surface area contributed by atoms with Crippen LogP contribution in [0.3, 0.4) is 0 Å². The summed E-state index contributed by atoms with van der Waals surface area (Å²) in [5.74, 6) is 0. The van der Waals surface area contributed by atoms with E-state index >= 15 is 0 Å². The van der Waals surface area contributed by atoms with Gasteiger partial charge in [-0.1, -0.05) is 35.9 Å². The van der Waals surface area contributed by atoms with Crippen molar-refractivity contribution in [2.75, 3.05) is 6.54 Å². The van der Waals surface area contributed by atoms with Crippen LogP contribution in [-0.4, -0.2) is 11.7 Å². The Hall–Kier alpha value is -0.870. The number of aliphatic hydroxyl groups is 1. The first-order chi connectivity index (χ1) is 8.27. The zero-order chi connectivity index (χ0) is 12.1. The Morgan fingerprint density at radius 1 is 1.24 bits per heavy atom. The maximum atomic E-state index is 9.99. The van der Waals surface area contributed by atoms with Crippen molar-refractivity contribution in [2.45, 2.75) is 12.6 Å². The highest BCUT2D eigenvalue weighted by molar-refractivity contribution is 7.09. The maximum absolute atomic E-state index is 9.99. The highest BCUT2D eigenvalue weighted by atomic mass is 35.5. The molecule has 90 valence electrons. The van der Waals surface area contributed by atoms with E-state index in [9.17, 15) is 5.11 Å². The fourth-order valence-corrected chi connectivity index (χ4v) is 2.54. The molecule has 1 atom stereocenters. The Kier molecular flexibility index (Phi) is 4.57. The molecule has 0 bridgehead atoms. The van der Waals surface area contributed by atoms with E-state index in [1.807, 2.05) is 29.6 Å². The van der Waals surface area contributed by atoms with E-state index in [1.54, 1.807) is 17.4 Å². The Labute approximate surface area is 110 Å². The van der Waals surface area contributed by atoms with Gasteiger partial charge in [0.25, 0.3) is 0 Å². The van der Waals surface area contributed by atoms with Crippen molar-refractivity contribution in [3.63, 3.8) is 0 Å². The van der Waals surface area contributed by atoms with Crippen LogP contribution >= 0.6 is 22.9 Å². The van der Waals surface area contributed by atoms with Crippen molar-refractivity contribution >= 4 is 22.9 Å². The van der Waals surface area contributed by atoms with Crippen LogP contribution in [0.25, 0.3) is 0 Å². The molecule has 1 unspecified atom stereocenters. The first kappa shape index (κ1) is 12.6. The highest BCUT2D eigenvalue weighted by Gasteiger charge is 2.10. The Balaban J connectivity index is 1.85. The molecule has 2 rings (SSSR count). The number of thiophene rings is 1. The molecule has 2 nitrogen and oxygen atoms in total. The van der Waals surface area contributed by atoms with Crippen molar-refractivity contribution < 1.29 is 5.11 Å². The van der Waals surface area contributed by atoms with Crippen LogP contribution in [0, 0.1) is 0 Å². The zero-order valence-corrected chi connectivity index (χ0v) is 10.8. The van der Waals surface area contributed by atoms with Gasteiger partial charge in [0.05, 0.1) is 6.10 Å². The van der Waals surface area contributed by atoms with Gasteiger partial charge in [0.15, 0.2) is 0 Å². The van der Waals surface area contributed by atoms with Crippen molar-refractivity contribution in [3.8, 4) is 0 Å². The molecule has 0 saturated carbocycles. The van der Waals surface area contributed by atoms with Crippen molar-refractivity contribution in [1.29, 1.82) is 0 Å². The standard InChI is InChI=1S/C13H14ClNOS/c14-12-6-2-1-5-11(12)13(16)9-15-8-10-4-3-7-17-10/h1-7,13,15-16H,8-9H2. The quantitative estimate of drug-likeness (QED) is 0.872. The number of aliphatic hydroxyl groups excluding tert-OH is 1. The first-order valence-electron chi connectivity index (χ1n) is 5.43. The summed E-state index contributed by atoms with van der Waals surface area (Å²) in [7, 11) is 0. The van der Waals surface area contributed by atoms with Crippen LogP contribution in [0.4, 0.5) is 0 Å². The number of nitrogens with one attached hydrogen (secondary N) is 1. The van der Waals surface area contributed by atoms with Gasteiger partial charge in [0.1, 0.15) is 0 Å². The minimum atomic E-state index is -0.566. The Morgan fingerprint density at radius 2 is 2.06 bits per heavy atom. The van der Waals surface area contributed by atoms with Gasteiger partial charge in [0.2, 0.25) is 0 Å². The molecular weight excluding hydrogens is 254 g/mol. The highest BCUT2D eigenvalue weighted by Crippen LogP contribution is 2.21. The van der Waals surface area contributed by atoms with E-state index < -0.39 is 6.10 Å². The Bertz CT molecular complexity index is 458. The predicted molar refractivity (Wildman–Crippen MR) is 72.4 cm³/mol. The lowest BCUT2D eigenvalue weighted by Gasteiger charge is -2.13. The van der Waals surface area contributed by atoms with E-state index in [1.165, 1.54) is 4.88 Å². The molecule has 0 aliphatic carbocycles. The molecule has 0 spiro atoms. The molecule has 0 aliphatic rings. The Morgan fingerprint density at radius 3 is 2.76 bits per heavy atom. The normalized spacial score (nSPS) is 12.6. The van der Waals surface area contributed by atoms with Crippen molar-refractivity contribution in [1.82, 2.24) is 5.32 Å². The minimum absolute atomic E-state index is 0.502. The van der Waals surface area contributed by atoms with Crippen LogP contribution in [-0.2, 0) is 6.54 Å². The van der Waals surface area contributed by atoms with Gasteiger partial charge in [-0.2, -0.15) is 0 Å². The molecule has 0 saturated heterocycles. The van der Waals surface area contributed by atoms with E-state index in [0.717, 1.165) is 12.1 Å². The second-order valence-electron chi connectivity index (χ2n) is 3.75. The average Bonchev–Trinajstić information content (AvgIpc) is 2.82.